The van der Waals surface area contributed by atoms with Crippen LogP contribution in [-0.4, -0.2) is 11.8 Å². The third kappa shape index (κ3) is 5.09. The smallest absolute Gasteiger partial charge is 0.198 e. The van der Waals surface area contributed by atoms with Crippen molar-refractivity contribution >= 4 is 62.2 Å². The Balaban J connectivity index is 1.15. The van der Waals surface area contributed by atoms with Gasteiger partial charge in [0, 0.05) is 49.7 Å². The van der Waals surface area contributed by atoms with Crippen LogP contribution in [0.3, 0.4) is 0 Å². The lowest BCUT2D eigenvalue weighted by molar-refractivity contribution is 0.590. The number of aromatic nitrogens is 1. The van der Waals surface area contributed by atoms with Crippen LogP contribution in [0.25, 0.3) is 82.8 Å². The fraction of sp³-hybridized carbons (Fsp3) is 0.200. The Labute approximate surface area is 400 Å². The molecule has 4 aliphatic rings. The largest absolute Gasteiger partial charge is 0.355 e. The molecule has 2 aliphatic carbocycles. The Morgan fingerprint density at radius 1 is 0.485 bits per heavy atom. The van der Waals surface area contributed by atoms with Gasteiger partial charge in [0.05, 0.1) is 5.52 Å². The molecule has 10 aromatic rings. The minimum Gasteiger partial charge on any atom is -0.355 e. The minimum absolute atomic E-state index is 0.0534. The van der Waals surface area contributed by atoms with Crippen LogP contribution in [0.15, 0.2) is 158 Å². The highest BCUT2D eigenvalue weighted by Gasteiger charge is 2.49. The van der Waals surface area contributed by atoms with Crippen molar-refractivity contribution < 1.29 is 0 Å². The van der Waals surface area contributed by atoms with E-state index < -0.39 is 0 Å². The van der Waals surface area contributed by atoms with Crippen LogP contribution in [0.4, 0.5) is 11.4 Å². The van der Waals surface area contributed by atoms with Gasteiger partial charge in [-0.15, -0.1) is 0 Å². The average molecular weight is 875 g/mol. The third-order valence-electron chi connectivity index (χ3n) is 16.9. The molecule has 1 unspecified atom stereocenters. The molecule has 1 aromatic heterocycles. The highest BCUT2D eigenvalue weighted by Crippen LogP contribution is 2.61. The standard InChI is InChI=1S/C65H55BN2/c1-62(2,3)38-23-26-40(27-24-38)67-54-31-25-39(63(4,5)6)34-47(54)48-35-45(37-22-29-50-46(32-37)43-19-12-14-20-49(43)64(50,7)8)56-55-41-17-11-10-16-36(41)33-52-59(55)68-60-53(66-58(48)61(56)68)30-28-44-42-18-13-15-21-51(42)65(52,9)57(44)60/h10-35,66-67H,1-9H3. The second kappa shape index (κ2) is 13.1. The number of anilines is 2. The first kappa shape index (κ1) is 40.0. The van der Waals surface area contributed by atoms with Crippen LogP contribution in [0.1, 0.15) is 101 Å². The third-order valence-corrected chi connectivity index (χ3v) is 16.9. The number of fused-ring (bicyclic) bond motifs is 10. The maximum Gasteiger partial charge on any atom is 0.198 e. The maximum absolute atomic E-state index is 3.99. The van der Waals surface area contributed by atoms with E-state index in [1.54, 1.807) is 0 Å². The van der Waals surface area contributed by atoms with Crippen molar-refractivity contribution in [1.82, 2.24) is 4.57 Å². The van der Waals surface area contributed by atoms with E-state index in [1.165, 1.54) is 133 Å². The predicted octanol–water partition coefficient (Wildman–Crippen LogP) is 15.3. The molecule has 2 nitrogen and oxygen atoms in total. The zero-order valence-electron chi connectivity index (χ0n) is 40.7. The van der Waals surface area contributed by atoms with E-state index in [4.69, 9.17) is 0 Å². The first-order valence-electron chi connectivity index (χ1n) is 24.7. The zero-order chi connectivity index (χ0) is 46.4. The fourth-order valence-electron chi connectivity index (χ4n) is 13.4. The first-order chi connectivity index (χ1) is 32.6. The number of nitrogens with one attached hydrogen (secondary N) is 1. The van der Waals surface area contributed by atoms with Gasteiger partial charge >= 0.3 is 0 Å². The molecule has 1 N–H and O–H groups in total. The normalized spacial score (nSPS) is 16.6. The quantitative estimate of drug-likeness (QED) is 0.174. The molecular formula is C65H55BN2. The van der Waals surface area contributed by atoms with Gasteiger partial charge in [-0.25, -0.2) is 0 Å². The number of hydrogen-bond donors (Lipinski definition) is 1. The summed E-state index contributed by atoms with van der Waals surface area (Å²) in [4.78, 5) is 0. The van der Waals surface area contributed by atoms with Crippen LogP contribution in [0.2, 0.25) is 0 Å². The molecule has 1 atom stereocenters. The van der Waals surface area contributed by atoms with Crippen LogP contribution in [-0.2, 0) is 21.7 Å². The second-order valence-corrected chi connectivity index (χ2v) is 23.1. The van der Waals surface area contributed by atoms with Gasteiger partial charge in [0.15, 0.2) is 7.28 Å². The molecule has 0 fully saturated rings. The van der Waals surface area contributed by atoms with Gasteiger partial charge in [-0.3, -0.25) is 0 Å². The fourth-order valence-corrected chi connectivity index (χ4v) is 13.4. The van der Waals surface area contributed by atoms with Gasteiger partial charge in [0.25, 0.3) is 0 Å². The van der Waals surface area contributed by atoms with Crippen molar-refractivity contribution in [2.45, 2.75) is 84.0 Å². The van der Waals surface area contributed by atoms with E-state index in [2.05, 4.69) is 230 Å². The molecule has 0 saturated heterocycles. The summed E-state index contributed by atoms with van der Waals surface area (Å²) in [6.45, 7) is 21.2. The molecule has 0 spiro atoms. The molecule has 0 radical (unpaired) electrons. The lowest BCUT2D eigenvalue weighted by Gasteiger charge is -2.38. The van der Waals surface area contributed by atoms with Crippen molar-refractivity contribution in [3.63, 3.8) is 0 Å². The number of hydrogen-bond acceptors (Lipinski definition) is 1. The molecule has 3 heterocycles. The van der Waals surface area contributed by atoms with Gasteiger partial charge in [-0.05, 0) is 154 Å². The lowest BCUT2D eigenvalue weighted by Crippen LogP contribution is -2.41. The first-order valence-corrected chi connectivity index (χ1v) is 24.7. The minimum atomic E-state index is -0.312. The van der Waals surface area contributed by atoms with E-state index in [0.717, 1.165) is 18.7 Å². The van der Waals surface area contributed by atoms with Gasteiger partial charge in [-0.2, -0.15) is 0 Å². The van der Waals surface area contributed by atoms with Crippen LogP contribution in [0.5, 0.6) is 0 Å². The monoisotopic (exact) mass is 874 g/mol. The lowest BCUT2D eigenvalue weighted by atomic mass is 9.57. The van der Waals surface area contributed by atoms with E-state index >= 15 is 0 Å². The van der Waals surface area contributed by atoms with Crippen LogP contribution < -0.4 is 16.2 Å². The van der Waals surface area contributed by atoms with E-state index in [9.17, 15) is 0 Å². The van der Waals surface area contributed by atoms with Gasteiger partial charge < -0.3 is 9.88 Å². The molecule has 0 amide bonds. The highest BCUT2D eigenvalue weighted by atomic mass is 15.0. The Bertz CT molecular complexity index is 3900. The Morgan fingerprint density at radius 2 is 1.16 bits per heavy atom. The highest BCUT2D eigenvalue weighted by molar-refractivity contribution is 6.74. The SMILES string of the molecule is CC(C)(C)c1ccc(Nc2ccc(C(C)(C)C)cc2-c2cc(-c3ccc4c(c3)-c3ccccc3C4(C)C)c3c4c5ccccc5cc5c4n4c3c2Bc2ccc3c(c2-4)C5(C)c2ccccc2-3)cc1. The second-order valence-electron chi connectivity index (χ2n) is 23.1. The van der Waals surface area contributed by atoms with Crippen LogP contribution >= 0.6 is 0 Å². The summed E-state index contributed by atoms with van der Waals surface area (Å²) in [5.74, 6) is 0. The molecule has 14 rings (SSSR count). The molecule has 0 bridgehead atoms. The summed E-state index contributed by atoms with van der Waals surface area (Å²) < 4.78 is 2.76. The topological polar surface area (TPSA) is 17.0 Å². The maximum atomic E-state index is 3.99. The molecule has 328 valence electrons. The average Bonchev–Trinajstić information content (AvgIpc) is 3.91. The van der Waals surface area contributed by atoms with Crippen molar-refractivity contribution in [3.8, 4) is 50.2 Å². The van der Waals surface area contributed by atoms with Crippen LogP contribution in [0, 0.1) is 0 Å². The number of rotatable bonds is 4. The van der Waals surface area contributed by atoms with Crippen molar-refractivity contribution in [2.75, 3.05) is 5.32 Å². The molecule has 2 aliphatic heterocycles. The number of benzene rings is 9. The zero-order valence-corrected chi connectivity index (χ0v) is 40.7. The summed E-state index contributed by atoms with van der Waals surface area (Å²) in [6.07, 6.45) is 0. The molecule has 68 heavy (non-hydrogen) atoms. The van der Waals surface area contributed by atoms with Crippen molar-refractivity contribution in [2.24, 2.45) is 0 Å². The summed E-state index contributed by atoms with van der Waals surface area (Å²) in [6, 6.07) is 61.2. The van der Waals surface area contributed by atoms with Gasteiger partial charge in [0.1, 0.15) is 0 Å². The van der Waals surface area contributed by atoms with Crippen molar-refractivity contribution in [1.29, 1.82) is 0 Å². The Kier molecular flexibility index (Phi) is 7.72. The van der Waals surface area contributed by atoms with Gasteiger partial charge in [0.2, 0.25) is 0 Å². The molecule has 0 saturated carbocycles. The summed E-state index contributed by atoms with van der Waals surface area (Å²) in [7, 11) is 0.843. The Hall–Kier alpha value is -7.10. The molecule has 9 aromatic carbocycles. The van der Waals surface area contributed by atoms with Crippen molar-refractivity contribution in [3.05, 3.63) is 197 Å². The summed E-state index contributed by atoms with van der Waals surface area (Å²) in [5, 5.41) is 9.33. The molecule has 3 heteroatoms. The van der Waals surface area contributed by atoms with E-state index in [-0.39, 0.29) is 21.7 Å². The Morgan fingerprint density at radius 3 is 1.93 bits per heavy atom. The van der Waals surface area contributed by atoms with E-state index in [1.807, 2.05) is 0 Å². The van der Waals surface area contributed by atoms with E-state index in [0.29, 0.717) is 0 Å². The molecular weight excluding hydrogens is 820 g/mol. The summed E-state index contributed by atoms with van der Waals surface area (Å²) >= 11 is 0. The summed E-state index contributed by atoms with van der Waals surface area (Å²) in [5.41, 5.74) is 29.0. The predicted molar refractivity (Wildman–Crippen MR) is 291 cm³/mol. The number of nitrogens with zero attached hydrogens (tertiary/aromatic N) is 1. The van der Waals surface area contributed by atoms with Gasteiger partial charge in [-0.1, -0.05) is 176 Å².